The Morgan fingerprint density at radius 2 is 2.47 bits per heavy atom. The van der Waals surface area contributed by atoms with Gasteiger partial charge in [0.25, 0.3) is 0 Å². The van der Waals surface area contributed by atoms with E-state index in [1.807, 2.05) is 0 Å². The number of hydrogen-bond acceptors (Lipinski definition) is 6. The quantitative estimate of drug-likeness (QED) is 0.810. The molecule has 0 aliphatic carbocycles. The summed E-state index contributed by atoms with van der Waals surface area (Å²) in [5, 5.41) is 24.9. The molecule has 0 fully saturated rings. The average molecular weight is 263 g/mol. The fraction of sp³-hybridized carbons (Fsp3) is 0.250. The molecule has 0 radical (unpaired) electrons. The van der Waals surface area contributed by atoms with Gasteiger partial charge in [-0.15, -0.1) is 0 Å². The Labute approximate surface area is 107 Å². The number of nitrogens with one attached hydrogen (secondary N) is 1. The van der Waals surface area contributed by atoms with Crippen LogP contribution < -0.4 is 5.32 Å². The number of benzene rings is 1. The Hall–Kier alpha value is -2.46. The van der Waals surface area contributed by atoms with Gasteiger partial charge in [-0.2, -0.15) is 5.26 Å². The zero-order valence-corrected chi connectivity index (χ0v) is 9.98. The molecule has 0 saturated carbocycles. The highest BCUT2D eigenvalue weighted by Gasteiger charge is 2.19. The Kier molecular flexibility index (Phi) is 3.44. The SMILES string of the molecule is C[C@@H](O)CNc1noc2c(C#N)c(F)c(C=O)cc12. The molecule has 2 rings (SSSR count). The van der Waals surface area contributed by atoms with Crippen molar-refractivity contribution in [2.24, 2.45) is 0 Å². The van der Waals surface area contributed by atoms with Crippen molar-refractivity contribution in [3.8, 4) is 6.07 Å². The number of aliphatic hydroxyl groups excluding tert-OH is 1. The van der Waals surface area contributed by atoms with Crippen LogP contribution in [-0.4, -0.2) is 29.2 Å². The van der Waals surface area contributed by atoms with E-state index in [0.717, 1.165) is 0 Å². The smallest absolute Gasteiger partial charge is 0.189 e. The fourth-order valence-electron chi connectivity index (χ4n) is 1.63. The van der Waals surface area contributed by atoms with Gasteiger partial charge in [-0.25, -0.2) is 4.39 Å². The van der Waals surface area contributed by atoms with Crippen LogP contribution >= 0.6 is 0 Å². The third kappa shape index (κ3) is 2.26. The molecule has 7 heteroatoms. The summed E-state index contributed by atoms with van der Waals surface area (Å²) in [6.45, 7) is 1.78. The van der Waals surface area contributed by atoms with Crippen LogP contribution in [0.1, 0.15) is 22.8 Å². The minimum Gasteiger partial charge on any atom is -0.392 e. The molecule has 0 amide bonds. The van der Waals surface area contributed by atoms with Crippen LogP contribution in [0.4, 0.5) is 10.2 Å². The molecule has 0 unspecified atom stereocenters. The van der Waals surface area contributed by atoms with Gasteiger partial charge < -0.3 is 14.9 Å². The Bertz CT molecular complexity index is 673. The maximum atomic E-state index is 13.7. The van der Waals surface area contributed by atoms with Gasteiger partial charge in [-0.05, 0) is 13.0 Å². The second-order valence-corrected chi connectivity index (χ2v) is 4.02. The normalized spacial score (nSPS) is 12.1. The van der Waals surface area contributed by atoms with Crippen molar-refractivity contribution < 1.29 is 18.8 Å². The first-order chi connectivity index (χ1) is 9.08. The number of hydrogen-bond donors (Lipinski definition) is 2. The first-order valence-electron chi connectivity index (χ1n) is 5.47. The molecule has 0 saturated heterocycles. The Balaban J connectivity index is 2.59. The number of aliphatic hydroxyl groups is 1. The topological polar surface area (TPSA) is 99.2 Å². The molecule has 1 atom stereocenters. The lowest BCUT2D eigenvalue weighted by molar-refractivity contribution is 0.112. The molecule has 0 aliphatic rings. The lowest BCUT2D eigenvalue weighted by Crippen LogP contribution is -2.15. The van der Waals surface area contributed by atoms with Gasteiger partial charge in [0, 0.05) is 6.54 Å². The van der Waals surface area contributed by atoms with Crippen molar-refractivity contribution >= 4 is 23.1 Å². The van der Waals surface area contributed by atoms with E-state index in [9.17, 15) is 14.3 Å². The van der Waals surface area contributed by atoms with Crippen LogP contribution in [-0.2, 0) is 0 Å². The standard InChI is InChI=1S/C12H10FN3O3/c1-6(18)4-15-12-8-2-7(5-17)10(13)9(3-14)11(8)19-16-12/h2,5-6,18H,4H2,1H3,(H,15,16)/t6-/m1/s1. The Morgan fingerprint density at radius 1 is 1.74 bits per heavy atom. The van der Waals surface area contributed by atoms with Crippen molar-refractivity contribution in [3.63, 3.8) is 0 Å². The van der Waals surface area contributed by atoms with Crippen LogP contribution in [0.5, 0.6) is 0 Å². The molecule has 0 aliphatic heterocycles. The van der Waals surface area contributed by atoms with Gasteiger partial charge in [-0.1, -0.05) is 5.16 Å². The maximum absolute atomic E-state index is 13.7. The van der Waals surface area contributed by atoms with Crippen molar-refractivity contribution in [2.45, 2.75) is 13.0 Å². The van der Waals surface area contributed by atoms with Crippen LogP contribution in [0.25, 0.3) is 11.0 Å². The van der Waals surface area contributed by atoms with E-state index in [-0.39, 0.29) is 29.1 Å². The second kappa shape index (κ2) is 5.04. The molecular formula is C12H10FN3O3. The predicted molar refractivity (Wildman–Crippen MR) is 64.2 cm³/mol. The molecule has 98 valence electrons. The molecule has 2 N–H and O–H groups in total. The van der Waals surface area contributed by atoms with Crippen LogP contribution in [0.3, 0.4) is 0 Å². The van der Waals surface area contributed by atoms with E-state index in [4.69, 9.17) is 9.78 Å². The summed E-state index contributed by atoms with van der Waals surface area (Å²) in [4.78, 5) is 10.8. The summed E-state index contributed by atoms with van der Waals surface area (Å²) in [5.74, 6) is -0.682. The molecular weight excluding hydrogens is 253 g/mol. The molecule has 1 aromatic carbocycles. The predicted octanol–water partition coefficient (Wildman–Crippen LogP) is 1.44. The molecule has 0 spiro atoms. The van der Waals surface area contributed by atoms with Gasteiger partial charge in [0.15, 0.2) is 23.5 Å². The lowest BCUT2D eigenvalue weighted by Gasteiger charge is -2.05. The van der Waals surface area contributed by atoms with Gasteiger partial charge in [0.2, 0.25) is 0 Å². The summed E-state index contributed by atoms with van der Waals surface area (Å²) in [7, 11) is 0. The van der Waals surface area contributed by atoms with Gasteiger partial charge >= 0.3 is 0 Å². The summed E-state index contributed by atoms with van der Waals surface area (Å²) in [6, 6.07) is 2.90. The van der Waals surface area contributed by atoms with Crippen LogP contribution in [0, 0.1) is 17.1 Å². The molecule has 1 heterocycles. The summed E-state index contributed by atoms with van der Waals surface area (Å²) >= 11 is 0. The first-order valence-corrected chi connectivity index (χ1v) is 5.47. The van der Waals surface area contributed by atoms with E-state index in [0.29, 0.717) is 11.7 Å². The van der Waals surface area contributed by atoms with Crippen molar-refractivity contribution in [1.82, 2.24) is 5.16 Å². The lowest BCUT2D eigenvalue weighted by atomic mass is 10.1. The van der Waals surface area contributed by atoms with Crippen LogP contribution in [0.2, 0.25) is 0 Å². The van der Waals surface area contributed by atoms with Crippen molar-refractivity contribution in [3.05, 3.63) is 23.0 Å². The summed E-state index contributed by atoms with van der Waals surface area (Å²) in [6.07, 6.45) is -0.297. The number of aromatic nitrogens is 1. The summed E-state index contributed by atoms with van der Waals surface area (Å²) < 4.78 is 18.6. The van der Waals surface area contributed by atoms with E-state index in [1.54, 1.807) is 13.0 Å². The van der Waals surface area contributed by atoms with E-state index in [1.165, 1.54) is 6.07 Å². The van der Waals surface area contributed by atoms with Gasteiger partial charge in [0.1, 0.15) is 11.6 Å². The van der Waals surface area contributed by atoms with E-state index < -0.39 is 11.9 Å². The number of fused-ring (bicyclic) bond motifs is 1. The number of nitriles is 1. The van der Waals surface area contributed by atoms with Gasteiger partial charge in [-0.3, -0.25) is 4.79 Å². The zero-order valence-electron chi connectivity index (χ0n) is 9.98. The van der Waals surface area contributed by atoms with Gasteiger partial charge in [0.05, 0.1) is 17.1 Å². The fourth-order valence-corrected chi connectivity index (χ4v) is 1.63. The third-order valence-electron chi connectivity index (χ3n) is 2.53. The molecule has 1 aromatic heterocycles. The molecule has 2 aromatic rings. The number of carbonyl (C=O) groups is 1. The third-order valence-corrected chi connectivity index (χ3v) is 2.53. The Morgan fingerprint density at radius 3 is 3.05 bits per heavy atom. The zero-order chi connectivity index (χ0) is 14.0. The minimum atomic E-state index is -0.928. The molecule has 0 bridgehead atoms. The number of nitrogens with zero attached hydrogens (tertiary/aromatic N) is 2. The van der Waals surface area contributed by atoms with Crippen LogP contribution in [0.15, 0.2) is 10.6 Å². The molecule has 6 nitrogen and oxygen atoms in total. The molecule has 19 heavy (non-hydrogen) atoms. The number of carbonyl (C=O) groups excluding carboxylic acids is 1. The highest BCUT2D eigenvalue weighted by Crippen LogP contribution is 2.29. The number of halogens is 1. The van der Waals surface area contributed by atoms with E-state index >= 15 is 0 Å². The van der Waals surface area contributed by atoms with Crippen molar-refractivity contribution in [1.29, 1.82) is 5.26 Å². The number of aldehydes is 1. The van der Waals surface area contributed by atoms with E-state index in [2.05, 4.69) is 10.5 Å². The second-order valence-electron chi connectivity index (χ2n) is 4.02. The first kappa shape index (κ1) is 13.0. The highest BCUT2D eigenvalue weighted by atomic mass is 19.1. The minimum absolute atomic E-state index is 0.0290. The summed E-state index contributed by atoms with van der Waals surface area (Å²) in [5.41, 5.74) is -0.636. The largest absolute Gasteiger partial charge is 0.392 e. The monoisotopic (exact) mass is 263 g/mol. The maximum Gasteiger partial charge on any atom is 0.189 e. The number of rotatable bonds is 4. The highest BCUT2D eigenvalue weighted by molar-refractivity contribution is 5.96. The number of anilines is 1. The average Bonchev–Trinajstić information content (AvgIpc) is 2.78. The van der Waals surface area contributed by atoms with Crippen molar-refractivity contribution in [2.75, 3.05) is 11.9 Å².